The van der Waals surface area contributed by atoms with Gasteiger partial charge >= 0.3 is 0 Å². The van der Waals surface area contributed by atoms with E-state index in [1.165, 1.54) is 12.1 Å². The summed E-state index contributed by atoms with van der Waals surface area (Å²) in [5.41, 5.74) is 6.79. The van der Waals surface area contributed by atoms with E-state index >= 15 is 0 Å². The number of nitrogen functional groups attached to an aromatic ring is 1. The van der Waals surface area contributed by atoms with Crippen LogP contribution in [0.4, 0.5) is 14.5 Å². The minimum Gasteiger partial charge on any atom is -0.399 e. The molecule has 5 nitrogen and oxygen atoms in total. The quantitative estimate of drug-likeness (QED) is 0.727. The van der Waals surface area contributed by atoms with Crippen molar-refractivity contribution in [1.29, 1.82) is 0 Å². The fourth-order valence-electron chi connectivity index (χ4n) is 1.82. The fourth-order valence-corrected chi connectivity index (χ4v) is 1.82. The molecule has 0 bridgehead atoms. The first-order valence-corrected chi connectivity index (χ1v) is 5.75. The van der Waals surface area contributed by atoms with Crippen molar-refractivity contribution < 1.29 is 8.78 Å². The maximum Gasteiger partial charge on any atom is 0.187 e. The minimum atomic E-state index is -1.00. The molecule has 0 spiro atoms. The molecule has 1 heterocycles. The molecule has 20 heavy (non-hydrogen) atoms. The Morgan fingerprint density at radius 1 is 1.00 bits per heavy atom. The highest BCUT2D eigenvalue weighted by molar-refractivity contribution is 5.60. The third-order valence-electron chi connectivity index (χ3n) is 2.80. The van der Waals surface area contributed by atoms with E-state index in [0.29, 0.717) is 17.1 Å². The molecule has 2 aromatic carbocycles. The first kappa shape index (κ1) is 12.2. The van der Waals surface area contributed by atoms with Crippen LogP contribution in [-0.4, -0.2) is 20.2 Å². The lowest BCUT2D eigenvalue weighted by molar-refractivity contribution is 0.501. The zero-order valence-corrected chi connectivity index (χ0v) is 10.2. The zero-order chi connectivity index (χ0) is 14.1. The third kappa shape index (κ3) is 1.99. The average Bonchev–Trinajstić information content (AvgIpc) is 2.92. The molecule has 7 heteroatoms. The van der Waals surface area contributed by atoms with Gasteiger partial charge in [-0.1, -0.05) is 6.07 Å². The van der Waals surface area contributed by atoms with Crippen LogP contribution < -0.4 is 5.73 Å². The molecule has 2 N–H and O–H groups in total. The van der Waals surface area contributed by atoms with Crippen molar-refractivity contribution in [3.8, 4) is 17.1 Å². The van der Waals surface area contributed by atoms with Crippen molar-refractivity contribution in [1.82, 2.24) is 20.2 Å². The summed E-state index contributed by atoms with van der Waals surface area (Å²) < 4.78 is 28.2. The maximum atomic E-state index is 13.8. The molecule has 3 rings (SSSR count). The SMILES string of the molecule is Nc1ccc(-c2nnnn2-c2cccc(F)c2F)cc1. The third-order valence-corrected chi connectivity index (χ3v) is 2.80. The van der Waals surface area contributed by atoms with Gasteiger partial charge < -0.3 is 5.73 Å². The lowest BCUT2D eigenvalue weighted by Gasteiger charge is -2.06. The summed E-state index contributed by atoms with van der Waals surface area (Å²) in [6, 6.07) is 10.6. The largest absolute Gasteiger partial charge is 0.399 e. The number of aromatic nitrogens is 4. The van der Waals surface area contributed by atoms with Gasteiger partial charge in [0.25, 0.3) is 0 Å². The lowest BCUT2D eigenvalue weighted by Crippen LogP contribution is -2.04. The molecule has 0 aliphatic carbocycles. The van der Waals surface area contributed by atoms with Crippen LogP contribution in [0.3, 0.4) is 0 Å². The van der Waals surface area contributed by atoms with Crippen LogP contribution in [0, 0.1) is 11.6 Å². The fraction of sp³-hybridized carbons (Fsp3) is 0. The van der Waals surface area contributed by atoms with Crippen LogP contribution in [0.2, 0.25) is 0 Å². The molecule has 1 aromatic heterocycles. The molecule has 100 valence electrons. The minimum absolute atomic E-state index is 0.0539. The van der Waals surface area contributed by atoms with Crippen LogP contribution in [0.25, 0.3) is 17.1 Å². The van der Waals surface area contributed by atoms with Crippen molar-refractivity contribution in [2.75, 3.05) is 5.73 Å². The number of nitrogens with zero attached hydrogens (tertiary/aromatic N) is 4. The molecule has 0 aliphatic rings. The van der Waals surface area contributed by atoms with Crippen LogP contribution in [0.15, 0.2) is 42.5 Å². The smallest absolute Gasteiger partial charge is 0.187 e. The molecule has 0 saturated carbocycles. The van der Waals surface area contributed by atoms with Gasteiger partial charge in [0.05, 0.1) is 0 Å². The van der Waals surface area contributed by atoms with Crippen LogP contribution >= 0.6 is 0 Å². The molecule has 0 atom stereocenters. The zero-order valence-electron chi connectivity index (χ0n) is 10.2. The van der Waals surface area contributed by atoms with Crippen molar-refractivity contribution in [3.63, 3.8) is 0 Å². The summed E-state index contributed by atoms with van der Waals surface area (Å²) in [4.78, 5) is 0. The summed E-state index contributed by atoms with van der Waals surface area (Å²) in [5, 5.41) is 11.1. The summed E-state index contributed by atoms with van der Waals surface area (Å²) in [6.07, 6.45) is 0. The second-order valence-electron chi connectivity index (χ2n) is 4.11. The first-order chi connectivity index (χ1) is 9.66. The molecular weight excluding hydrogens is 264 g/mol. The van der Waals surface area contributed by atoms with Crippen LogP contribution in [0.1, 0.15) is 0 Å². The summed E-state index contributed by atoms with van der Waals surface area (Å²) in [5.74, 6) is -1.66. The van der Waals surface area contributed by atoms with Gasteiger partial charge in [-0.05, 0) is 46.8 Å². The van der Waals surface area contributed by atoms with Crippen molar-refractivity contribution >= 4 is 5.69 Å². The lowest BCUT2D eigenvalue weighted by atomic mass is 10.2. The Kier molecular flexibility index (Phi) is 2.86. The van der Waals surface area contributed by atoms with Gasteiger partial charge in [-0.15, -0.1) is 5.10 Å². The monoisotopic (exact) mass is 273 g/mol. The van der Waals surface area contributed by atoms with E-state index in [0.717, 1.165) is 10.7 Å². The number of rotatable bonds is 2. The number of hydrogen-bond acceptors (Lipinski definition) is 4. The Morgan fingerprint density at radius 2 is 1.75 bits per heavy atom. The predicted octanol–water partition coefficient (Wildman–Crippen LogP) is 2.19. The number of nitrogens with two attached hydrogens (primary N) is 1. The second-order valence-corrected chi connectivity index (χ2v) is 4.11. The van der Waals surface area contributed by atoms with Gasteiger partial charge in [0.1, 0.15) is 5.69 Å². The Hall–Kier alpha value is -2.83. The molecule has 0 fully saturated rings. The van der Waals surface area contributed by atoms with Crippen LogP contribution in [0.5, 0.6) is 0 Å². The highest BCUT2D eigenvalue weighted by Gasteiger charge is 2.16. The topological polar surface area (TPSA) is 69.6 Å². The van der Waals surface area contributed by atoms with Gasteiger partial charge in [0.2, 0.25) is 0 Å². The number of halogens is 2. The Morgan fingerprint density at radius 3 is 2.50 bits per heavy atom. The highest BCUT2D eigenvalue weighted by Crippen LogP contribution is 2.22. The summed E-state index contributed by atoms with van der Waals surface area (Å²) >= 11 is 0. The summed E-state index contributed by atoms with van der Waals surface area (Å²) in [6.45, 7) is 0. The number of tetrazole rings is 1. The highest BCUT2D eigenvalue weighted by atomic mass is 19.2. The molecule has 0 aliphatic heterocycles. The van der Waals surface area contributed by atoms with Crippen molar-refractivity contribution in [3.05, 3.63) is 54.1 Å². The van der Waals surface area contributed by atoms with E-state index in [9.17, 15) is 8.78 Å². The van der Waals surface area contributed by atoms with Crippen molar-refractivity contribution in [2.45, 2.75) is 0 Å². The molecular formula is C13H9F2N5. The van der Waals surface area contributed by atoms with E-state index < -0.39 is 11.6 Å². The molecule has 0 saturated heterocycles. The van der Waals surface area contributed by atoms with Gasteiger partial charge in [-0.2, -0.15) is 4.68 Å². The standard InChI is InChI=1S/C13H9F2N5/c14-10-2-1-3-11(12(10)15)20-13(17-18-19-20)8-4-6-9(16)7-5-8/h1-7H,16H2. The van der Waals surface area contributed by atoms with Gasteiger partial charge in [0.15, 0.2) is 17.5 Å². The normalized spacial score (nSPS) is 10.7. The summed E-state index contributed by atoms with van der Waals surface area (Å²) in [7, 11) is 0. The van der Waals surface area contributed by atoms with E-state index in [1.54, 1.807) is 24.3 Å². The van der Waals surface area contributed by atoms with E-state index in [4.69, 9.17) is 5.73 Å². The number of benzene rings is 2. The van der Waals surface area contributed by atoms with Gasteiger partial charge in [0, 0.05) is 11.3 Å². The van der Waals surface area contributed by atoms with Gasteiger partial charge in [-0.3, -0.25) is 0 Å². The van der Waals surface area contributed by atoms with Crippen LogP contribution in [-0.2, 0) is 0 Å². The molecule has 0 amide bonds. The second kappa shape index (κ2) is 4.69. The molecule has 0 unspecified atom stereocenters. The van der Waals surface area contributed by atoms with E-state index in [2.05, 4.69) is 15.5 Å². The number of anilines is 1. The van der Waals surface area contributed by atoms with E-state index in [1.807, 2.05) is 0 Å². The number of hydrogen-bond donors (Lipinski definition) is 1. The Balaban J connectivity index is 2.15. The molecule has 0 radical (unpaired) electrons. The molecule has 3 aromatic rings. The Bertz CT molecular complexity index is 752. The first-order valence-electron chi connectivity index (χ1n) is 5.75. The average molecular weight is 273 g/mol. The Labute approximate surface area is 112 Å². The van der Waals surface area contributed by atoms with E-state index in [-0.39, 0.29) is 5.69 Å². The van der Waals surface area contributed by atoms with Crippen molar-refractivity contribution in [2.24, 2.45) is 0 Å². The maximum absolute atomic E-state index is 13.8. The van der Waals surface area contributed by atoms with Gasteiger partial charge in [-0.25, -0.2) is 8.78 Å². The predicted molar refractivity (Wildman–Crippen MR) is 68.9 cm³/mol.